The Bertz CT molecular complexity index is 469. The molecule has 0 amide bonds. The van der Waals surface area contributed by atoms with Gasteiger partial charge in [-0.2, -0.15) is 0 Å². The van der Waals surface area contributed by atoms with Crippen molar-refractivity contribution in [2.75, 3.05) is 12.3 Å². The predicted molar refractivity (Wildman–Crippen MR) is 78.9 cm³/mol. The van der Waals surface area contributed by atoms with Gasteiger partial charge in [-0.3, -0.25) is 9.88 Å². The van der Waals surface area contributed by atoms with Crippen LogP contribution >= 0.6 is 0 Å². The lowest BCUT2D eigenvalue weighted by Crippen LogP contribution is -2.42. The summed E-state index contributed by atoms with van der Waals surface area (Å²) >= 11 is 0. The topological polar surface area (TPSA) is 42.2 Å². The third-order valence-corrected chi connectivity index (χ3v) is 5.14. The summed E-state index contributed by atoms with van der Waals surface area (Å²) in [6.45, 7) is 6.36. The number of nitrogen functional groups attached to an aromatic ring is 1. The van der Waals surface area contributed by atoms with Crippen LogP contribution in [0.25, 0.3) is 0 Å². The number of hydrogen-bond donors (Lipinski definition) is 1. The Hall–Kier alpha value is -1.09. The van der Waals surface area contributed by atoms with Gasteiger partial charge in [0, 0.05) is 24.5 Å². The molecule has 2 N–H and O–H groups in total. The zero-order chi connectivity index (χ0) is 13.4. The van der Waals surface area contributed by atoms with E-state index in [1.165, 1.54) is 49.9 Å². The maximum atomic E-state index is 6.14. The molecule has 1 aliphatic carbocycles. The number of pyridine rings is 1. The number of aryl methyl sites for hydroxylation is 1. The minimum Gasteiger partial charge on any atom is -0.398 e. The SMILES string of the molecule is Cc1cnc(CN2CCCC3CCCC32)c(C)c1N. The van der Waals surface area contributed by atoms with Crippen molar-refractivity contribution in [3.63, 3.8) is 0 Å². The van der Waals surface area contributed by atoms with Gasteiger partial charge >= 0.3 is 0 Å². The molecule has 1 aromatic heterocycles. The molecule has 0 spiro atoms. The Kier molecular flexibility index (Phi) is 3.48. The molecular formula is C16H25N3. The fraction of sp³-hybridized carbons (Fsp3) is 0.688. The Morgan fingerprint density at radius 2 is 2.05 bits per heavy atom. The summed E-state index contributed by atoms with van der Waals surface area (Å²) in [5.74, 6) is 0.942. The number of rotatable bonds is 2. The van der Waals surface area contributed by atoms with E-state index in [0.717, 1.165) is 29.8 Å². The number of anilines is 1. The molecule has 2 unspecified atom stereocenters. The standard InChI is InChI=1S/C16H25N3/c1-11-9-18-14(12(2)16(11)17)10-19-8-4-6-13-5-3-7-15(13)19/h9,13,15H,3-8,10H2,1-2H3,(H2,17,18). The Morgan fingerprint density at radius 1 is 1.26 bits per heavy atom. The van der Waals surface area contributed by atoms with Crippen LogP contribution in [0.15, 0.2) is 6.20 Å². The highest BCUT2D eigenvalue weighted by molar-refractivity contribution is 5.53. The fourth-order valence-electron chi connectivity index (χ4n) is 3.90. The fourth-order valence-corrected chi connectivity index (χ4v) is 3.90. The second kappa shape index (κ2) is 5.12. The van der Waals surface area contributed by atoms with Crippen molar-refractivity contribution >= 4 is 5.69 Å². The van der Waals surface area contributed by atoms with Crippen LogP contribution in [0.1, 0.15) is 48.9 Å². The summed E-state index contributed by atoms with van der Waals surface area (Å²) in [5, 5.41) is 0. The smallest absolute Gasteiger partial charge is 0.0593 e. The highest BCUT2D eigenvalue weighted by atomic mass is 15.2. The van der Waals surface area contributed by atoms with Gasteiger partial charge in [-0.15, -0.1) is 0 Å². The van der Waals surface area contributed by atoms with Crippen LogP contribution in [-0.2, 0) is 6.54 Å². The van der Waals surface area contributed by atoms with Crippen molar-refractivity contribution in [2.24, 2.45) is 5.92 Å². The van der Waals surface area contributed by atoms with Crippen LogP contribution in [0, 0.1) is 19.8 Å². The lowest BCUT2D eigenvalue weighted by molar-refractivity contribution is 0.104. The first-order valence-corrected chi connectivity index (χ1v) is 7.61. The van der Waals surface area contributed by atoms with Gasteiger partial charge in [0.25, 0.3) is 0 Å². The third-order valence-electron chi connectivity index (χ3n) is 5.14. The van der Waals surface area contributed by atoms with Crippen LogP contribution in [0.4, 0.5) is 5.69 Å². The molecule has 2 aliphatic rings. The maximum absolute atomic E-state index is 6.14. The van der Waals surface area contributed by atoms with Gasteiger partial charge in [-0.1, -0.05) is 6.42 Å². The van der Waals surface area contributed by atoms with E-state index < -0.39 is 0 Å². The third kappa shape index (κ3) is 2.36. The average Bonchev–Trinajstić information content (AvgIpc) is 2.89. The van der Waals surface area contributed by atoms with Gasteiger partial charge < -0.3 is 5.73 Å². The van der Waals surface area contributed by atoms with E-state index in [0.29, 0.717) is 0 Å². The molecule has 2 atom stereocenters. The lowest BCUT2D eigenvalue weighted by Gasteiger charge is -2.37. The lowest BCUT2D eigenvalue weighted by atomic mass is 9.91. The summed E-state index contributed by atoms with van der Waals surface area (Å²) in [7, 11) is 0. The monoisotopic (exact) mass is 259 g/mol. The number of aromatic nitrogens is 1. The number of nitrogens with two attached hydrogens (primary N) is 1. The normalized spacial score (nSPS) is 27.5. The number of fused-ring (bicyclic) bond motifs is 1. The zero-order valence-corrected chi connectivity index (χ0v) is 12.2. The predicted octanol–water partition coefficient (Wildman–Crippen LogP) is 3.05. The molecule has 19 heavy (non-hydrogen) atoms. The Balaban J connectivity index is 1.79. The van der Waals surface area contributed by atoms with Crippen molar-refractivity contribution in [1.29, 1.82) is 0 Å². The van der Waals surface area contributed by atoms with E-state index in [4.69, 9.17) is 5.73 Å². The summed E-state index contributed by atoms with van der Waals surface area (Å²) in [5.41, 5.74) is 10.5. The molecule has 2 heterocycles. The number of piperidine rings is 1. The summed E-state index contributed by atoms with van der Waals surface area (Å²) < 4.78 is 0. The molecule has 1 saturated carbocycles. The van der Waals surface area contributed by atoms with E-state index in [9.17, 15) is 0 Å². The zero-order valence-electron chi connectivity index (χ0n) is 12.2. The van der Waals surface area contributed by atoms with Crippen LogP contribution in [-0.4, -0.2) is 22.5 Å². The molecule has 0 bridgehead atoms. The molecule has 104 valence electrons. The molecule has 1 saturated heterocycles. The number of hydrogen-bond acceptors (Lipinski definition) is 3. The summed E-state index contributed by atoms with van der Waals surface area (Å²) in [6, 6.07) is 0.803. The van der Waals surface area contributed by atoms with Gasteiger partial charge in [-0.25, -0.2) is 0 Å². The average molecular weight is 259 g/mol. The van der Waals surface area contributed by atoms with Crippen molar-refractivity contribution in [2.45, 2.75) is 58.5 Å². The first-order valence-electron chi connectivity index (χ1n) is 7.61. The molecule has 3 rings (SSSR count). The first kappa shape index (κ1) is 12.9. The van der Waals surface area contributed by atoms with Gasteiger partial charge in [0.2, 0.25) is 0 Å². The van der Waals surface area contributed by atoms with Crippen molar-refractivity contribution in [3.05, 3.63) is 23.0 Å². The van der Waals surface area contributed by atoms with Crippen LogP contribution in [0.3, 0.4) is 0 Å². The van der Waals surface area contributed by atoms with E-state index in [1.807, 2.05) is 13.1 Å². The van der Waals surface area contributed by atoms with Crippen molar-refractivity contribution < 1.29 is 0 Å². The Labute approximate surface area is 116 Å². The first-order chi connectivity index (χ1) is 9.16. The van der Waals surface area contributed by atoms with Crippen LogP contribution < -0.4 is 5.73 Å². The van der Waals surface area contributed by atoms with Crippen LogP contribution in [0.2, 0.25) is 0 Å². The van der Waals surface area contributed by atoms with E-state index in [1.54, 1.807) is 0 Å². The molecule has 1 aromatic rings. The van der Waals surface area contributed by atoms with Gasteiger partial charge in [0.05, 0.1) is 5.69 Å². The second-order valence-corrected chi connectivity index (χ2v) is 6.30. The highest BCUT2D eigenvalue weighted by Crippen LogP contribution is 2.37. The van der Waals surface area contributed by atoms with E-state index in [-0.39, 0.29) is 0 Å². The van der Waals surface area contributed by atoms with Crippen molar-refractivity contribution in [1.82, 2.24) is 9.88 Å². The second-order valence-electron chi connectivity index (χ2n) is 6.30. The largest absolute Gasteiger partial charge is 0.398 e. The summed E-state index contributed by atoms with van der Waals surface area (Å²) in [6.07, 6.45) is 8.93. The van der Waals surface area contributed by atoms with E-state index >= 15 is 0 Å². The molecule has 2 fully saturated rings. The number of likely N-dealkylation sites (tertiary alicyclic amines) is 1. The molecule has 0 aromatic carbocycles. The minimum atomic E-state index is 0.803. The maximum Gasteiger partial charge on any atom is 0.0593 e. The quantitative estimate of drug-likeness (QED) is 0.887. The van der Waals surface area contributed by atoms with Gasteiger partial charge in [0.15, 0.2) is 0 Å². The molecule has 3 nitrogen and oxygen atoms in total. The van der Waals surface area contributed by atoms with Crippen molar-refractivity contribution in [3.8, 4) is 0 Å². The minimum absolute atomic E-state index is 0.803. The molecule has 1 aliphatic heterocycles. The van der Waals surface area contributed by atoms with Gasteiger partial charge in [0.1, 0.15) is 0 Å². The summed E-state index contributed by atoms with van der Waals surface area (Å²) in [4.78, 5) is 7.28. The number of nitrogens with zero attached hydrogens (tertiary/aromatic N) is 2. The highest BCUT2D eigenvalue weighted by Gasteiger charge is 2.35. The van der Waals surface area contributed by atoms with Gasteiger partial charge in [-0.05, 0) is 63.1 Å². The van der Waals surface area contributed by atoms with Crippen LogP contribution in [0.5, 0.6) is 0 Å². The molecular weight excluding hydrogens is 234 g/mol. The molecule has 3 heteroatoms. The Morgan fingerprint density at radius 3 is 2.89 bits per heavy atom. The molecule has 0 radical (unpaired) electrons. The van der Waals surface area contributed by atoms with E-state index in [2.05, 4.69) is 16.8 Å².